The molecule has 0 atom stereocenters. The lowest BCUT2D eigenvalue weighted by Gasteiger charge is -2.21. The Kier molecular flexibility index (Phi) is 3.57. The van der Waals surface area contributed by atoms with Crippen molar-refractivity contribution in [3.05, 3.63) is 28.0 Å². The highest BCUT2D eigenvalue weighted by Gasteiger charge is 2.18. The smallest absolute Gasteiger partial charge is 0.161 e. The van der Waals surface area contributed by atoms with Crippen LogP contribution in [-0.2, 0) is 0 Å². The summed E-state index contributed by atoms with van der Waals surface area (Å²) < 4.78 is 13.9. The Morgan fingerprint density at radius 1 is 1.50 bits per heavy atom. The molecule has 0 radical (unpaired) electrons. The first-order chi connectivity index (χ1) is 7.41. The number of halogens is 2. The van der Waals surface area contributed by atoms with E-state index in [4.69, 9.17) is 11.7 Å². The summed E-state index contributed by atoms with van der Waals surface area (Å²) in [6, 6.07) is 4.91. The summed E-state index contributed by atoms with van der Waals surface area (Å²) in [5.74, 6) is 2.00. The quantitative estimate of drug-likeness (QED) is 0.844. The Hall–Kier alpha value is -1.52. The van der Waals surface area contributed by atoms with E-state index in [1.807, 2.05) is 6.07 Å². The number of anilines is 1. The van der Waals surface area contributed by atoms with Gasteiger partial charge in [0.05, 0.1) is 21.3 Å². The van der Waals surface area contributed by atoms with Gasteiger partial charge in [-0.05, 0) is 41.9 Å². The van der Waals surface area contributed by atoms with Gasteiger partial charge >= 0.3 is 0 Å². The molecule has 0 heterocycles. The molecule has 0 aliphatic heterocycles. The molecule has 1 aromatic carbocycles. The molecule has 1 aromatic rings. The third-order valence-electron chi connectivity index (χ3n) is 2.01. The molecule has 0 aromatic heterocycles. The van der Waals surface area contributed by atoms with Gasteiger partial charge in [-0.25, -0.2) is 4.39 Å². The third-order valence-corrected chi connectivity index (χ3v) is 2.79. The molecule has 0 aliphatic carbocycles. The Morgan fingerprint density at radius 3 is 2.62 bits per heavy atom. The van der Waals surface area contributed by atoms with Gasteiger partial charge in [0.2, 0.25) is 0 Å². The highest BCUT2D eigenvalue weighted by Crippen LogP contribution is 2.28. The average molecular weight is 281 g/mol. The van der Waals surface area contributed by atoms with E-state index < -0.39 is 11.4 Å². The van der Waals surface area contributed by atoms with Gasteiger partial charge in [-0.2, -0.15) is 5.26 Å². The van der Waals surface area contributed by atoms with Gasteiger partial charge in [-0.1, -0.05) is 5.92 Å². The van der Waals surface area contributed by atoms with Crippen molar-refractivity contribution < 1.29 is 4.39 Å². The van der Waals surface area contributed by atoms with E-state index in [2.05, 4.69) is 27.2 Å². The van der Waals surface area contributed by atoms with Crippen molar-refractivity contribution in [1.29, 1.82) is 5.26 Å². The summed E-state index contributed by atoms with van der Waals surface area (Å²) in [5.41, 5.74) is -0.121. The van der Waals surface area contributed by atoms with Crippen molar-refractivity contribution >= 4 is 21.6 Å². The zero-order valence-corrected chi connectivity index (χ0v) is 10.5. The molecule has 0 bridgehead atoms. The SMILES string of the molecule is C#CC(C)(C)Nc1ccc(C#N)c(Br)c1F. The summed E-state index contributed by atoms with van der Waals surface area (Å²) >= 11 is 3.03. The number of nitriles is 1. The molecule has 0 saturated heterocycles. The second kappa shape index (κ2) is 4.55. The summed E-state index contributed by atoms with van der Waals surface area (Å²) in [6.07, 6.45) is 5.30. The molecule has 82 valence electrons. The van der Waals surface area contributed by atoms with Gasteiger partial charge in [0.1, 0.15) is 6.07 Å². The monoisotopic (exact) mass is 280 g/mol. The Bertz CT molecular complexity index is 495. The van der Waals surface area contributed by atoms with Crippen LogP contribution in [0.2, 0.25) is 0 Å². The highest BCUT2D eigenvalue weighted by atomic mass is 79.9. The molecule has 16 heavy (non-hydrogen) atoms. The molecular formula is C12H10BrFN2. The maximum absolute atomic E-state index is 13.8. The molecule has 0 amide bonds. The molecule has 0 spiro atoms. The van der Waals surface area contributed by atoms with Crippen LogP contribution in [0, 0.1) is 29.5 Å². The molecule has 0 aliphatic rings. The van der Waals surface area contributed by atoms with E-state index in [9.17, 15) is 4.39 Å². The second-order valence-electron chi connectivity index (χ2n) is 3.79. The number of hydrogen-bond donors (Lipinski definition) is 1. The molecule has 2 nitrogen and oxygen atoms in total. The van der Waals surface area contributed by atoms with Crippen molar-refractivity contribution in [3.63, 3.8) is 0 Å². The van der Waals surface area contributed by atoms with E-state index >= 15 is 0 Å². The fourth-order valence-electron chi connectivity index (χ4n) is 1.11. The minimum Gasteiger partial charge on any atom is -0.367 e. The standard InChI is InChI=1S/C12H10BrFN2/c1-4-12(2,3)16-9-6-5-8(7-15)10(13)11(9)14/h1,5-6,16H,2-3H3. The van der Waals surface area contributed by atoms with Crippen molar-refractivity contribution in [3.8, 4) is 18.4 Å². The van der Waals surface area contributed by atoms with E-state index in [-0.39, 0.29) is 15.7 Å². The lowest BCUT2D eigenvalue weighted by molar-refractivity contribution is 0.615. The molecular weight excluding hydrogens is 271 g/mol. The number of hydrogen-bond acceptors (Lipinski definition) is 2. The molecule has 1 rings (SSSR count). The molecule has 4 heteroatoms. The first-order valence-electron chi connectivity index (χ1n) is 4.55. The Morgan fingerprint density at radius 2 is 2.12 bits per heavy atom. The van der Waals surface area contributed by atoms with Gasteiger partial charge in [0.15, 0.2) is 5.82 Å². The van der Waals surface area contributed by atoms with Crippen LogP contribution in [0.15, 0.2) is 16.6 Å². The van der Waals surface area contributed by atoms with Crippen LogP contribution in [0.25, 0.3) is 0 Å². The molecule has 0 fully saturated rings. The normalized spacial score (nSPS) is 10.4. The fourth-order valence-corrected chi connectivity index (χ4v) is 1.54. The topological polar surface area (TPSA) is 35.8 Å². The zero-order valence-electron chi connectivity index (χ0n) is 8.94. The Labute approximate surface area is 103 Å². The largest absolute Gasteiger partial charge is 0.367 e. The van der Waals surface area contributed by atoms with Crippen LogP contribution in [0.1, 0.15) is 19.4 Å². The minimum absolute atomic E-state index is 0.146. The molecule has 0 saturated carbocycles. The van der Waals surface area contributed by atoms with Crippen LogP contribution < -0.4 is 5.32 Å². The average Bonchev–Trinajstić information content (AvgIpc) is 2.25. The van der Waals surface area contributed by atoms with Crippen LogP contribution >= 0.6 is 15.9 Å². The fraction of sp³-hybridized carbons (Fsp3) is 0.250. The zero-order chi connectivity index (χ0) is 12.3. The first-order valence-corrected chi connectivity index (χ1v) is 5.34. The van der Waals surface area contributed by atoms with Crippen LogP contribution in [-0.4, -0.2) is 5.54 Å². The summed E-state index contributed by atoms with van der Waals surface area (Å²) in [4.78, 5) is 0. The first kappa shape index (κ1) is 12.5. The second-order valence-corrected chi connectivity index (χ2v) is 4.59. The van der Waals surface area contributed by atoms with E-state index in [1.54, 1.807) is 13.8 Å². The van der Waals surface area contributed by atoms with Crippen molar-refractivity contribution in [2.45, 2.75) is 19.4 Å². The predicted molar refractivity (Wildman–Crippen MR) is 65.3 cm³/mol. The number of benzene rings is 1. The van der Waals surface area contributed by atoms with Gasteiger partial charge < -0.3 is 5.32 Å². The van der Waals surface area contributed by atoms with Crippen LogP contribution in [0.4, 0.5) is 10.1 Å². The van der Waals surface area contributed by atoms with Crippen molar-refractivity contribution in [1.82, 2.24) is 0 Å². The summed E-state index contributed by atoms with van der Waals surface area (Å²) in [7, 11) is 0. The molecule has 0 unspecified atom stereocenters. The number of nitrogens with zero attached hydrogens (tertiary/aromatic N) is 1. The number of nitrogens with one attached hydrogen (secondary N) is 1. The Balaban J connectivity index is 3.16. The van der Waals surface area contributed by atoms with E-state index in [0.717, 1.165) is 0 Å². The summed E-state index contributed by atoms with van der Waals surface area (Å²) in [5, 5.41) is 11.6. The van der Waals surface area contributed by atoms with Gasteiger partial charge in [0.25, 0.3) is 0 Å². The summed E-state index contributed by atoms with van der Waals surface area (Å²) in [6.45, 7) is 3.52. The van der Waals surface area contributed by atoms with Crippen LogP contribution in [0.3, 0.4) is 0 Å². The predicted octanol–water partition coefficient (Wildman–Crippen LogP) is 3.28. The minimum atomic E-state index is -0.644. The van der Waals surface area contributed by atoms with E-state index in [0.29, 0.717) is 0 Å². The molecule has 1 N–H and O–H groups in total. The maximum Gasteiger partial charge on any atom is 0.161 e. The maximum atomic E-state index is 13.8. The van der Waals surface area contributed by atoms with Crippen LogP contribution in [0.5, 0.6) is 0 Å². The van der Waals surface area contributed by atoms with E-state index in [1.165, 1.54) is 12.1 Å². The number of terminal acetylenes is 1. The highest BCUT2D eigenvalue weighted by molar-refractivity contribution is 9.10. The lowest BCUT2D eigenvalue weighted by Crippen LogP contribution is -2.29. The van der Waals surface area contributed by atoms with Gasteiger partial charge in [0, 0.05) is 0 Å². The van der Waals surface area contributed by atoms with Gasteiger partial charge in [-0.15, -0.1) is 6.42 Å². The number of rotatable bonds is 2. The van der Waals surface area contributed by atoms with Crippen molar-refractivity contribution in [2.75, 3.05) is 5.32 Å². The third kappa shape index (κ3) is 2.53. The van der Waals surface area contributed by atoms with Crippen molar-refractivity contribution in [2.24, 2.45) is 0 Å². The lowest BCUT2D eigenvalue weighted by atomic mass is 10.1. The van der Waals surface area contributed by atoms with Gasteiger partial charge in [-0.3, -0.25) is 0 Å².